The molecule has 3 aromatic rings. The predicted molar refractivity (Wildman–Crippen MR) is 139 cm³/mol. The van der Waals surface area contributed by atoms with Gasteiger partial charge in [-0.3, -0.25) is 9.59 Å². The first-order valence-corrected chi connectivity index (χ1v) is 12.2. The molecule has 1 atom stereocenters. The number of nitrogens with one attached hydrogen (secondary N) is 2. The Hall–Kier alpha value is -3.28. The Morgan fingerprint density at radius 2 is 1.91 bits per heavy atom. The van der Waals surface area contributed by atoms with Gasteiger partial charge in [-0.2, -0.15) is 0 Å². The molecule has 1 aliphatic heterocycles. The smallest absolute Gasteiger partial charge is 0.310 e. The number of ether oxygens (including phenoxy) is 1. The van der Waals surface area contributed by atoms with Crippen LogP contribution in [0.5, 0.6) is 0 Å². The number of hydrogen-bond acceptors (Lipinski definition) is 5. The lowest BCUT2D eigenvalue weighted by atomic mass is 9.86. The maximum absolute atomic E-state index is 12.6. The Morgan fingerprint density at radius 3 is 2.62 bits per heavy atom. The number of fused-ring (bicyclic) bond motifs is 1. The molecule has 2 heterocycles. The molecule has 1 fully saturated rings. The number of H-pyrrole nitrogens is 1. The monoisotopic (exact) mass is 461 g/mol. The highest BCUT2D eigenvalue weighted by Crippen LogP contribution is 2.27. The minimum atomic E-state index is -0.0966. The van der Waals surface area contributed by atoms with Gasteiger partial charge < -0.3 is 19.9 Å². The van der Waals surface area contributed by atoms with Crippen LogP contribution in [0.15, 0.2) is 53.3 Å². The van der Waals surface area contributed by atoms with Crippen LogP contribution in [-0.2, 0) is 21.5 Å². The number of aromatic nitrogens is 1. The normalized spacial score (nSPS) is 16.5. The zero-order chi connectivity index (χ0) is 24.3. The molecule has 180 valence electrons. The van der Waals surface area contributed by atoms with Crippen LogP contribution >= 0.6 is 0 Å². The molecule has 0 saturated carbocycles. The molecule has 0 aliphatic carbocycles. The molecule has 6 nitrogen and oxygen atoms in total. The van der Waals surface area contributed by atoms with E-state index in [4.69, 9.17) is 4.74 Å². The van der Waals surface area contributed by atoms with Crippen LogP contribution in [0.2, 0.25) is 0 Å². The summed E-state index contributed by atoms with van der Waals surface area (Å²) in [4.78, 5) is 30.0. The molecule has 0 bridgehead atoms. The van der Waals surface area contributed by atoms with Crippen LogP contribution in [0, 0.1) is 5.92 Å². The van der Waals surface area contributed by atoms with Gasteiger partial charge in [0.25, 0.3) is 5.56 Å². The lowest BCUT2D eigenvalue weighted by Crippen LogP contribution is -2.39. The van der Waals surface area contributed by atoms with Crippen molar-refractivity contribution in [3.8, 4) is 0 Å². The van der Waals surface area contributed by atoms with Gasteiger partial charge in [-0.1, -0.05) is 26.8 Å². The van der Waals surface area contributed by atoms with Crippen LogP contribution in [0.4, 0.5) is 11.4 Å². The average Bonchev–Trinajstić information content (AvgIpc) is 2.82. The third kappa shape index (κ3) is 5.44. The summed E-state index contributed by atoms with van der Waals surface area (Å²) in [6, 6.07) is 16.4. The highest BCUT2D eigenvalue weighted by atomic mass is 16.5. The summed E-state index contributed by atoms with van der Waals surface area (Å²) in [7, 11) is 0. The fourth-order valence-corrected chi connectivity index (χ4v) is 4.50. The maximum Gasteiger partial charge on any atom is 0.310 e. The quantitative estimate of drug-likeness (QED) is 0.493. The van der Waals surface area contributed by atoms with E-state index in [-0.39, 0.29) is 22.9 Å². The van der Waals surface area contributed by atoms with E-state index in [0.29, 0.717) is 25.3 Å². The number of esters is 1. The lowest BCUT2D eigenvalue weighted by molar-refractivity contribution is -0.148. The fraction of sp³-hybridized carbons (Fsp3) is 0.429. The number of anilines is 2. The number of hydrogen-bond donors (Lipinski definition) is 2. The number of carbonyl (C=O) groups excluding carboxylic acids is 1. The molecule has 2 aromatic carbocycles. The molecule has 0 amide bonds. The van der Waals surface area contributed by atoms with Crippen molar-refractivity contribution in [1.82, 2.24) is 4.98 Å². The third-order valence-corrected chi connectivity index (χ3v) is 6.54. The zero-order valence-electron chi connectivity index (χ0n) is 20.6. The molecule has 1 aliphatic rings. The van der Waals surface area contributed by atoms with Crippen LogP contribution in [0.1, 0.15) is 51.7 Å². The summed E-state index contributed by atoms with van der Waals surface area (Å²) in [5.74, 6) is -0.161. The van der Waals surface area contributed by atoms with Gasteiger partial charge in [-0.15, -0.1) is 0 Å². The summed E-state index contributed by atoms with van der Waals surface area (Å²) in [6.07, 6.45) is 1.86. The van der Waals surface area contributed by atoms with Gasteiger partial charge >= 0.3 is 5.97 Å². The second-order valence-corrected chi connectivity index (χ2v) is 10.1. The zero-order valence-corrected chi connectivity index (χ0v) is 20.6. The Balaban J connectivity index is 1.43. The molecule has 0 spiro atoms. The highest BCUT2D eigenvalue weighted by Gasteiger charge is 2.27. The van der Waals surface area contributed by atoms with Gasteiger partial charge in [-0.25, -0.2) is 0 Å². The number of carbonyl (C=O) groups is 1. The molecule has 1 aromatic heterocycles. The number of rotatable bonds is 6. The number of aromatic amines is 1. The first-order valence-electron chi connectivity index (χ1n) is 12.2. The molecule has 4 rings (SSSR count). The molecule has 0 unspecified atom stereocenters. The Bertz CT molecular complexity index is 1210. The van der Waals surface area contributed by atoms with E-state index >= 15 is 0 Å². The number of benzene rings is 2. The van der Waals surface area contributed by atoms with Crippen molar-refractivity contribution < 1.29 is 9.53 Å². The van der Waals surface area contributed by atoms with E-state index in [9.17, 15) is 9.59 Å². The molecular formula is C28H35N3O3. The Kier molecular flexibility index (Phi) is 6.96. The fourth-order valence-electron chi connectivity index (χ4n) is 4.50. The van der Waals surface area contributed by atoms with Crippen molar-refractivity contribution in [2.45, 2.75) is 52.5 Å². The van der Waals surface area contributed by atoms with Crippen molar-refractivity contribution in [2.75, 3.05) is 29.9 Å². The van der Waals surface area contributed by atoms with Crippen molar-refractivity contribution in [2.24, 2.45) is 5.92 Å². The maximum atomic E-state index is 12.6. The van der Waals surface area contributed by atoms with E-state index in [1.807, 2.05) is 31.2 Å². The average molecular weight is 462 g/mol. The summed E-state index contributed by atoms with van der Waals surface area (Å²) < 4.78 is 5.21. The molecule has 6 heteroatoms. The van der Waals surface area contributed by atoms with Gasteiger partial charge in [0.05, 0.1) is 12.5 Å². The van der Waals surface area contributed by atoms with E-state index in [1.54, 1.807) is 0 Å². The van der Waals surface area contributed by atoms with E-state index < -0.39 is 0 Å². The van der Waals surface area contributed by atoms with E-state index in [1.165, 1.54) is 5.56 Å². The summed E-state index contributed by atoms with van der Waals surface area (Å²) in [5.41, 5.74) is 4.82. The SMILES string of the molecule is CCOC(=O)[C@@H]1CCCN(c2ccc(NCc3cc4cc(C(C)(C)C)ccc4[nH]c3=O)cc2)C1. The number of piperidine rings is 1. The van der Waals surface area contributed by atoms with Crippen LogP contribution in [-0.4, -0.2) is 30.6 Å². The second-order valence-electron chi connectivity index (χ2n) is 10.1. The van der Waals surface area contributed by atoms with Crippen molar-refractivity contribution >= 4 is 28.2 Å². The minimum Gasteiger partial charge on any atom is -0.466 e. The van der Waals surface area contributed by atoms with Crippen LogP contribution < -0.4 is 15.8 Å². The minimum absolute atomic E-state index is 0.0508. The van der Waals surface area contributed by atoms with Crippen LogP contribution in [0.3, 0.4) is 0 Å². The third-order valence-electron chi connectivity index (χ3n) is 6.54. The Labute approximate surface area is 201 Å². The molecular weight excluding hydrogens is 426 g/mol. The standard InChI is InChI=1S/C28H35N3O3/c1-5-34-27(33)19-7-6-14-31(18-19)24-11-9-23(10-12-24)29-17-21-15-20-16-22(28(2,3)4)8-13-25(20)30-26(21)32/h8-13,15-16,19,29H,5-7,14,17-18H2,1-4H3,(H,30,32)/t19-/m1/s1. The van der Waals surface area contributed by atoms with Crippen molar-refractivity contribution in [1.29, 1.82) is 0 Å². The van der Waals surface area contributed by atoms with Gasteiger partial charge in [0.1, 0.15) is 0 Å². The van der Waals surface area contributed by atoms with E-state index in [0.717, 1.165) is 41.7 Å². The van der Waals surface area contributed by atoms with Gasteiger partial charge in [0, 0.05) is 42.1 Å². The first kappa shape index (κ1) is 23.9. The molecule has 34 heavy (non-hydrogen) atoms. The van der Waals surface area contributed by atoms with Gasteiger partial charge in [-0.05, 0) is 78.6 Å². The highest BCUT2D eigenvalue weighted by molar-refractivity contribution is 5.80. The predicted octanol–water partition coefficient (Wildman–Crippen LogP) is 5.22. The van der Waals surface area contributed by atoms with Crippen molar-refractivity contribution in [3.63, 3.8) is 0 Å². The molecule has 0 radical (unpaired) electrons. The van der Waals surface area contributed by atoms with Crippen LogP contribution in [0.25, 0.3) is 10.9 Å². The lowest BCUT2D eigenvalue weighted by Gasteiger charge is -2.33. The van der Waals surface area contributed by atoms with E-state index in [2.05, 4.69) is 60.2 Å². The largest absolute Gasteiger partial charge is 0.466 e. The van der Waals surface area contributed by atoms with Gasteiger partial charge in [0.15, 0.2) is 0 Å². The number of pyridine rings is 1. The summed E-state index contributed by atoms with van der Waals surface area (Å²) in [6.45, 7) is 10.9. The second kappa shape index (κ2) is 9.92. The first-order chi connectivity index (χ1) is 16.2. The molecule has 2 N–H and O–H groups in total. The number of nitrogens with zero attached hydrogens (tertiary/aromatic N) is 1. The summed E-state index contributed by atoms with van der Waals surface area (Å²) in [5, 5.41) is 4.41. The summed E-state index contributed by atoms with van der Waals surface area (Å²) >= 11 is 0. The van der Waals surface area contributed by atoms with Gasteiger partial charge in [0.2, 0.25) is 0 Å². The van der Waals surface area contributed by atoms with Crippen molar-refractivity contribution in [3.05, 3.63) is 70.0 Å². The Morgan fingerprint density at radius 1 is 1.15 bits per heavy atom. The molecule has 1 saturated heterocycles. The topological polar surface area (TPSA) is 74.4 Å².